The second kappa shape index (κ2) is 6.09. The molecular weight excluding hydrogens is 244 g/mol. The molecule has 0 heterocycles. The number of aliphatic hydroxyl groups is 1. The molecule has 0 spiro atoms. The Balaban J connectivity index is 2.47. The van der Waals surface area contributed by atoms with E-state index in [0.717, 1.165) is 12.8 Å². The molecule has 1 aliphatic rings. The van der Waals surface area contributed by atoms with Crippen LogP contribution in [0.4, 0.5) is 4.79 Å². The van der Waals surface area contributed by atoms with Crippen LogP contribution in [-0.4, -0.2) is 42.5 Å². The van der Waals surface area contributed by atoms with Gasteiger partial charge in [-0.1, -0.05) is 20.8 Å². The summed E-state index contributed by atoms with van der Waals surface area (Å²) in [5.74, 6) is 0. The number of carbonyl (C=O) groups excluding carboxylic acids is 1. The molecule has 2 amide bonds. The molecule has 3 N–H and O–H groups in total. The number of hydrogen-bond donors (Lipinski definition) is 3. The van der Waals surface area contributed by atoms with E-state index in [9.17, 15) is 4.79 Å². The monoisotopic (exact) mass is 272 g/mol. The molecule has 5 nitrogen and oxygen atoms in total. The smallest absolute Gasteiger partial charge is 0.315 e. The fourth-order valence-electron chi connectivity index (χ4n) is 2.64. The summed E-state index contributed by atoms with van der Waals surface area (Å²) in [6, 6.07) is -0.0115. The van der Waals surface area contributed by atoms with E-state index >= 15 is 0 Å². The average molecular weight is 272 g/mol. The fourth-order valence-corrected chi connectivity index (χ4v) is 2.64. The van der Waals surface area contributed by atoms with Gasteiger partial charge in [-0.3, -0.25) is 0 Å². The van der Waals surface area contributed by atoms with Gasteiger partial charge in [-0.15, -0.1) is 0 Å². The third-order valence-corrected chi connectivity index (χ3v) is 4.89. The lowest BCUT2D eigenvalue weighted by molar-refractivity contribution is -0.177. The Bertz CT molecular complexity index is 320. The predicted octanol–water partition coefficient (Wildman–Crippen LogP) is 1.65. The second-order valence-corrected chi connectivity index (χ2v) is 6.15. The van der Waals surface area contributed by atoms with E-state index < -0.39 is 0 Å². The molecule has 0 bridgehead atoms. The normalized spacial score (nSPS) is 30.3. The summed E-state index contributed by atoms with van der Waals surface area (Å²) >= 11 is 0. The molecule has 1 rings (SSSR count). The van der Waals surface area contributed by atoms with Gasteiger partial charge in [-0.25, -0.2) is 4.79 Å². The van der Waals surface area contributed by atoms with E-state index in [1.165, 1.54) is 0 Å². The van der Waals surface area contributed by atoms with Crippen molar-refractivity contribution < 1.29 is 14.6 Å². The first-order valence-corrected chi connectivity index (χ1v) is 7.03. The summed E-state index contributed by atoms with van der Waals surface area (Å²) in [7, 11) is 1.71. The zero-order chi connectivity index (χ0) is 14.7. The Hall–Kier alpha value is -0.810. The highest BCUT2D eigenvalue weighted by Crippen LogP contribution is 2.51. The lowest BCUT2D eigenvalue weighted by atomic mass is 9.56. The molecule has 0 aromatic carbocycles. The summed E-state index contributed by atoms with van der Waals surface area (Å²) in [5.41, 5.74) is -0.266. The minimum absolute atomic E-state index is 0.0296. The van der Waals surface area contributed by atoms with Crippen LogP contribution in [0.1, 0.15) is 47.0 Å². The molecule has 5 heteroatoms. The maximum Gasteiger partial charge on any atom is 0.315 e. The van der Waals surface area contributed by atoms with Crippen molar-refractivity contribution in [3.63, 3.8) is 0 Å². The van der Waals surface area contributed by atoms with Crippen LogP contribution < -0.4 is 10.6 Å². The molecule has 0 aromatic rings. The molecule has 0 saturated heterocycles. The first-order chi connectivity index (χ1) is 8.80. The van der Waals surface area contributed by atoms with Gasteiger partial charge in [-0.05, 0) is 26.2 Å². The fraction of sp³-hybridized carbons (Fsp3) is 0.929. The highest BCUT2D eigenvalue weighted by atomic mass is 16.5. The molecular formula is C14H28N2O3. The van der Waals surface area contributed by atoms with Crippen molar-refractivity contribution in [2.45, 2.75) is 64.6 Å². The van der Waals surface area contributed by atoms with E-state index in [1.54, 1.807) is 7.11 Å². The van der Waals surface area contributed by atoms with Crippen LogP contribution in [0.15, 0.2) is 0 Å². The van der Waals surface area contributed by atoms with Crippen molar-refractivity contribution in [2.24, 2.45) is 5.41 Å². The van der Waals surface area contributed by atoms with Crippen molar-refractivity contribution in [3.05, 3.63) is 0 Å². The maximum atomic E-state index is 11.9. The van der Waals surface area contributed by atoms with Crippen LogP contribution in [0, 0.1) is 5.41 Å². The van der Waals surface area contributed by atoms with Crippen molar-refractivity contribution >= 4 is 6.03 Å². The number of aliphatic hydroxyl groups excluding tert-OH is 1. The highest BCUT2D eigenvalue weighted by molar-refractivity contribution is 5.75. The van der Waals surface area contributed by atoms with Crippen molar-refractivity contribution in [3.8, 4) is 0 Å². The summed E-state index contributed by atoms with van der Waals surface area (Å²) in [6.07, 6.45) is 2.23. The molecule has 0 aliphatic heterocycles. The SMILES string of the molecule is CCC(CCO)NC(=O)NC1CC(C)(OC)C1(C)C. The van der Waals surface area contributed by atoms with Gasteiger partial charge >= 0.3 is 6.03 Å². The Labute approximate surface area is 116 Å². The van der Waals surface area contributed by atoms with Gasteiger partial charge < -0.3 is 20.5 Å². The molecule has 3 unspecified atom stereocenters. The van der Waals surface area contributed by atoms with Crippen molar-refractivity contribution in [1.29, 1.82) is 0 Å². The number of rotatable bonds is 6. The highest BCUT2D eigenvalue weighted by Gasteiger charge is 2.58. The van der Waals surface area contributed by atoms with E-state index in [4.69, 9.17) is 9.84 Å². The lowest BCUT2D eigenvalue weighted by Gasteiger charge is -2.59. The van der Waals surface area contributed by atoms with Gasteiger partial charge in [0.1, 0.15) is 0 Å². The Kier molecular flexibility index (Phi) is 5.21. The summed E-state index contributed by atoms with van der Waals surface area (Å²) in [5, 5.41) is 14.8. The van der Waals surface area contributed by atoms with E-state index in [-0.39, 0.29) is 35.7 Å². The number of carbonyl (C=O) groups is 1. The van der Waals surface area contributed by atoms with Crippen LogP contribution in [0.5, 0.6) is 0 Å². The number of ether oxygens (including phenoxy) is 1. The third kappa shape index (κ3) is 3.20. The van der Waals surface area contributed by atoms with Gasteiger partial charge in [-0.2, -0.15) is 0 Å². The molecule has 0 radical (unpaired) electrons. The summed E-state index contributed by atoms with van der Waals surface area (Å²) in [4.78, 5) is 11.9. The predicted molar refractivity (Wildman–Crippen MR) is 75.0 cm³/mol. The third-order valence-electron chi connectivity index (χ3n) is 4.89. The van der Waals surface area contributed by atoms with Gasteiger partial charge in [0.25, 0.3) is 0 Å². The maximum absolute atomic E-state index is 11.9. The van der Waals surface area contributed by atoms with Gasteiger partial charge in [0.05, 0.1) is 5.60 Å². The minimum Gasteiger partial charge on any atom is -0.396 e. The number of nitrogens with one attached hydrogen (secondary N) is 2. The van der Waals surface area contributed by atoms with Crippen molar-refractivity contribution in [2.75, 3.05) is 13.7 Å². The Morgan fingerprint density at radius 3 is 2.53 bits per heavy atom. The van der Waals surface area contributed by atoms with Crippen molar-refractivity contribution in [1.82, 2.24) is 10.6 Å². The average Bonchev–Trinajstić information content (AvgIpc) is 2.37. The molecule has 1 fully saturated rings. The zero-order valence-corrected chi connectivity index (χ0v) is 12.7. The van der Waals surface area contributed by atoms with Crippen LogP contribution in [0.25, 0.3) is 0 Å². The first kappa shape index (κ1) is 16.2. The quantitative estimate of drug-likeness (QED) is 0.688. The van der Waals surface area contributed by atoms with Crippen LogP contribution in [-0.2, 0) is 4.74 Å². The first-order valence-electron chi connectivity index (χ1n) is 7.03. The van der Waals surface area contributed by atoms with Crippen LogP contribution >= 0.6 is 0 Å². The number of amides is 2. The summed E-state index contributed by atoms with van der Waals surface area (Å²) in [6.45, 7) is 8.38. The number of hydrogen-bond acceptors (Lipinski definition) is 3. The molecule has 1 aliphatic carbocycles. The summed E-state index contributed by atoms with van der Waals surface area (Å²) < 4.78 is 5.54. The van der Waals surface area contributed by atoms with Gasteiger partial charge in [0.2, 0.25) is 0 Å². The Morgan fingerprint density at radius 2 is 2.11 bits per heavy atom. The second-order valence-electron chi connectivity index (χ2n) is 6.15. The van der Waals surface area contributed by atoms with E-state index in [2.05, 4.69) is 31.4 Å². The van der Waals surface area contributed by atoms with Crippen LogP contribution in [0.3, 0.4) is 0 Å². The molecule has 19 heavy (non-hydrogen) atoms. The zero-order valence-electron chi connectivity index (χ0n) is 12.7. The lowest BCUT2D eigenvalue weighted by Crippen LogP contribution is -2.69. The largest absolute Gasteiger partial charge is 0.396 e. The topological polar surface area (TPSA) is 70.6 Å². The van der Waals surface area contributed by atoms with Gasteiger partial charge in [0, 0.05) is 31.2 Å². The number of methoxy groups -OCH3 is 1. The Morgan fingerprint density at radius 1 is 1.47 bits per heavy atom. The molecule has 3 atom stereocenters. The van der Waals surface area contributed by atoms with E-state index in [1.807, 2.05) is 6.92 Å². The van der Waals surface area contributed by atoms with E-state index in [0.29, 0.717) is 6.42 Å². The molecule has 0 aromatic heterocycles. The number of urea groups is 1. The standard InChI is InChI=1S/C14H28N2O3/c1-6-10(7-8-17)15-12(18)16-11-9-14(4,19-5)13(11,2)3/h10-11,17H,6-9H2,1-5H3,(H2,15,16,18). The molecule has 112 valence electrons. The van der Waals surface area contributed by atoms with Crippen LogP contribution in [0.2, 0.25) is 0 Å². The molecule has 1 saturated carbocycles. The van der Waals surface area contributed by atoms with Gasteiger partial charge in [0.15, 0.2) is 0 Å². The minimum atomic E-state index is -0.180.